The second-order valence-electron chi connectivity index (χ2n) is 4.88. The fourth-order valence-electron chi connectivity index (χ4n) is 1.84. The monoisotopic (exact) mass is 307 g/mol. The van der Waals surface area contributed by atoms with Crippen molar-refractivity contribution in [2.45, 2.75) is 39.4 Å². The maximum absolute atomic E-state index is 11.6. The number of para-hydroxylation sites is 2. The molecule has 0 saturated carbocycles. The SMILES string of the molecule is C/C(O)=C(\[N+]#N)C(=O)O[C@H](C)C[C@H](C)Oc1ccccc1O. The highest BCUT2D eigenvalue weighted by molar-refractivity contribution is 5.90. The Bertz CT molecular complexity index is 602. The summed E-state index contributed by atoms with van der Waals surface area (Å²) in [6.45, 7) is 4.62. The molecule has 0 aliphatic carbocycles. The first-order valence-electron chi connectivity index (χ1n) is 6.75. The van der Waals surface area contributed by atoms with E-state index in [4.69, 9.17) is 14.9 Å². The summed E-state index contributed by atoms with van der Waals surface area (Å²) in [6.07, 6.45) is -0.516. The Morgan fingerprint density at radius 3 is 2.50 bits per heavy atom. The first-order valence-corrected chi connectivity index (χ1v) is 6.75. The maximum Gasteiger partial charge on any atom is 0.504 e. The molecule has 0 aliphatic heterocycles. The lowest BCUT2D eigenvalue weighted by Crippen LogP contribution is -2.23. The van der Waals surface area contributed by atoms with Crippen molar-refractivity contribution >= 4 is 5.97 Å². The molecule has 0 saturated heterocycles. The quantitative estimate of drug-likeness (QED) is 0.362. The predicted molar refractivity (Wildman–Crippen MR) is 78.8 cm³/mol. The summed E-state index contributed by atoms with van der Waals surface area (Å²) < 4.78 is 10.6. The van der Waals surface area contributed by atoms with Gasteiger partial charge in [0.1, 0.15) is 6.10 Å². The predicted octanol–water partition coefficient (Wildman–Crippen LogP) is 3.12. The molecule has 0 amide bonds. The van der Waals surface area contributed by atoms with Crippen molar-refractivity contribution in [3.63, 3.8) is 0 Å². The van der Waals surface area contributed by atoms with Crippen LogP contribution in [0.15, 0.2) is 35.7 Å². The zero-order valence-electron chi connectivity index (χ0n) is 12.7. The fourth-order valence-corrected chi connectivity index (χ4v) is 1.84. The molecule has 0 bridgehead atoms. The van der Waals surface area contributed by atoms with Gasteiger partial charge in [-0.25, -0.2) is 4.79 Å². The van der Waals surface area contributed by atoms with E-state index in [1.807, 2.05) is 0 Å². The van der Waals surface area contributed by atoms with Crippen LogP contribution in [0.25, 0.3) is 4.98 Å². The summed E-state index contributed by atoms with van der Waals surface area (Å²) in [5.41, 5.74) is -0.541. The van der Waals surface area contributed by atoms with Crippen molar-refractivity contribution in [2.75, 3.05) is 0 Å². The number of hydrogen-bond acceptors (Lipinski definition) is 6. The van der Waals surface area contributed by atoms with Gasteiger partial charge in [0.25, 0.3) is 0 Å². The summed E-state index contributed by atoms with van der Waals surface area (Å²) in [5, 5.41) is 27.4. The van der Waals surface area contributed by atoms with Gasteiger partial charge in [0.2, 0.25) is 5.39 Å². The number of carbonyl (C=O) groups excluding carboxylic acids is 1. The van der Waals surface area contributed by atoms with Crippen molar-refractivity contribution in [1.29, 1.82) is 5.39 Å². The zero-order valence-corrected chi connectivity index (χ0v) is 12.7. The number of esters is 1. The van der Waals surface area contributed by atoms with Crippen molar-refractivity contribution in [1.82, 2.24) is 0 Å². The normalized spacial score (nSPS) is 14.3. The van der Waals surface area contributed by atoms with Crippen LogP contribution < -0.4 is 4.74 Å². The molecular weight excluding hydrogens is 288 g/mol. The van der Waals surface area contributed by atoms with Crippen molar-refractivity contribution < 1.29 is 24.5 Å². The summed E-state index contributed by atoms with van der Waals surface area (Å²) in [6, 6.07) is 6.55. The van der Waals surface area contributed by atoms with E-state index < -0.39 is 23.5 Å². The fraction of sp³-hybridized carbons (Fsp3) is 0.400. The number of aromatic hydroxyl groups is 1. The molecule has 2 atom stereocenters. The molecule has 7 nitrogen and oxygen atoms in total. The molecule has 2 N–H and O–H groups in total. The number of ether oxygens (including phenoxy) is 2. The molecule has 0 aromatic heterocycles. The van der Waals surface area contributed by atoms with Crippen LogP contribution in [0.1, 0.15) is 27.2 Å². The third-order valence-corrected chi connectivity index (χ3v) is 2.80. The summed E-state index contributed by atoms with van der Waals surface area (Å²) in [5.74, 6) is -0.993. The first-order chi connectivity index (χ1) is 10.3. The van der Waals surface area contributed by atoms with Gasteiger partial charge < -0.3 is 19.7 Å². The Kier molecular flexibility index (Phi) is 6.20. The lowest BCUT2D eigenvalue weighted by molar-refractivity contribution is -0.144. The standard InChI is InChI=1S/C15H18N2O5/c1-9(21-13-7-5-4-6-12(13)19)8-10(2)22-15(20)14(17-16)11(3)18/h4-7,9-10H,8H2,1-3H3,(H-,18,19,20)/p+1/t9-,10+/m0/s1. The lowest BCUT2D eigenvalue weighted by Gasteiger charge is -2.19. The molecule has 1 rings (SSSR count). The van der Waals surface area contributed by atoms with E-state index in [-0.39, 0.29) is 11.9 Å². The molecule has 0 unspecified atom stereocenters. The molecule has 22 heavy (non-hydrogen) atoms. The highest BCUT2D eigenvalue weighted by atomic mass is 16.5. The smallest absolute Gasteiger partial charge is 0.504 e. The average molecular weight is 307 g/mol. The molecule has 0 radical (unpaired) electrons. The van der Waals surface area contributed by atoms with Gasteiger partial charge in [0.05, 0.1) is 6.10 Å². The largest absolute Gasteiger partial charge is 0.505 e. The minimum absolute atomic E-state index is 0.0270. The topological polar surface area (TPSA) is 104 Å². The number of benzene rings is 1. The average Bonchev–Trinajstić information content (AvgIpc) is 2.41. The van der Waals surface area contributed by atoms with E-state index in [1.165, 1.54) is 13.0 Å². The number of rotatable bonds is 6. The molecule has 1 aromatic carbocycles. The molecular formula is C15H19N2O5+. The Balaban J connectivity index is 2.57. The van der Waals surface area contributed by atoms with Crippen LogP contribution in [-0.4, -0.2) is 28.4 Å². The second-order valence-corrected chi connectivity index (χ2v) is 4.88. The maximum atomic E-state index is 11.6. The Hall–Kier alpha value is -2.75. The number of diazo groups is 1. The van der Waals surface area contributed by atoms with E-state index >= 15 is 0 Å². The Morgan fingerprint density at radius 1 is 1.32 bits per heavy atom. The van der Waals surface area contributed by atoms with Crippen LogP contribution in [0.3, 0.4) is 0 Å². The number of aliphatic hydroxyl groups is 1. The second kappa shape index (κ2) is 7.88. The minimum atomic E-state index is -0.926. The van der Waals surface area contributed by atoms with E-state index in [9.17, 15) is 15.0 Å². The number of hydrogen-bond donors (Lipinski definition) is 2. The number of allylic oxidation sites excluding steroid dienone is 1. The van der Waals surface area contributed by atoms with Crippen LogP contribution >= 0.6 is 0 Å². The summed E-state index contributed by atoms with van der Waals surface area (Å²) in [4.78, 5) is 14.3. The molecule has 0 heterocycles. The lowest BCUT2D eigenvalue weighted by atomic mass is 10.2. The molecule has 7 heteroatoms. The van der Waals surface area contributed by atoms with Crippen LogP contribution in [0.5, 0.6) is 11.5 Å². The van der Waals surface area contributed by atoms with E-state index in [0.717, 1.165) is 0 Å². The minimum Gasteiger partial charge on any atom is -0.505 e. The number of nitrogens with zero attached hydrogens (tertiary/aromatic N) is 2. The van der Waals surface area contributed by atoms with Crippen molar-refractivity contribution in [2.24, 2.45) is 0 Å². The van der Waals surface area contributed by atoms with Gasteiger partial charge in [-0.05, 0) is 26.0 Å². The number of phenols is 1. The number of phenolic OH excluding ortho intramolecular Hbond substituents is 1. The van der Waals surface area contributed by atoms with E-state index in [2.05, 4.69) is 4.98 Å². The first kappa shape index (κ1) is 17.3. The molecule has 0 aliphatic rings. The molecule has 118 valence electrons. The summed E-state index contributed by atoms with van der Waals surface area (Å²) in [7, 11) is 0. The zero-order chi connectivity index (χ0) is 16.7. The third-order valence-electron chi connectivity index (χ3n) is 2.80. The molecule has 0 spiro atoms. The van der Waals surface area contributed by atoms with Gasteiger partial charge in [-0.2, -0.15) is 0 Å². The van der Waals surface area contributed by atoms with Gasteiger partial charge in [0, 0.05) is 13.3 Å². The Morgan fingerprint density at radius 2 is 1.95 bits per heavy atom. The highest BCUT2D eigenvalue weighted by Crippen LogP contribution is 2.26. The third kappa shape index (κ3) is 4.98. The van der Waals surface area contributed by atoms with Crippen LogP contribution in [0.4, 0.5) is 0 Å². The van der Waals surface area contributed by atoms with Gasteiger partial charge in [0.15, 0.2) is 22.2 Å². The summed E-state index contributed by atoms with van der Waals surface area (Å²) >= 11 is 0. The van der Waals surface area contributed by atoms with Gasteiger partial charge in [-0.1, -0.05) is 12.1 Å². The van der Waals surface area contributed by atoms with Crippen LogP contribution in [-0.2, 0) is 9.53 Å². The molecule has 0 fully saturated rings. The van der Waals surface area contributed by atoms with Gasteiger partial charge in [-0.15, -0.1) is 0 Å². The number of aliphatic hydroxyl groups excluding tert-OH is 1. The van der Waals surface area contributed by atoms with Gasteiger partial charge in [-0.3, -0.25) is 0 Å². The van der Waals surface area contributed by atoms with E-state index in [1.54, 1.807) is 32.0 Å². The van der Waals surface area contributed by atoms with Crippen LogP contribution in [0.2, 0.25) is 0 Å². The van der Waals surface area contributed by atoms with E-state index in [0.29, 0.717) is 12.2 Å². The van der Waals surface area contributed by atoms with Gasteiger partial charge >= 0.3 is 11.7 Å². The van der Waals surface area contributed by atoms with Crippen molar-refractivity contribution in [3.05, 3.63) is 40.7 Å². The Labute approximate surface area is 128 Å². The number of carbonyl (C=O) groups is 1. The highest BCUT2D eigenvalue weighted by Gasteiger charge is 2.30. The van der Waals surface area contributed by atoms with Crippen LogP contribution in [0, 0.1) is 5.39 Å². The van der Waals surface area contributed by atoms with Crippen molar-refractivity contribution in [3.8, 4) is 11.5 Å². The molecule has 1 aromatic rings.